The monoisotopic (exact) mass is 259 g/mol. The number of methoxy groups -OCH3 is 1. The fourth-order valence-corrected chi connectivity index (χ4v) is 1.92. The van der Waals surface area contributed by atoms with Gasteiger partial charge >= 0.3 is 0 Å². The first-order chi connectivity index (χ1) is 9.29. The standard InChI is InChI=1S/C16H18FNO/c1-19-11-10-14-4-2-3-5-16(14)18-12-13-6-8-15(17)9-7-13/h2-9,18H,10-12H2,1H3. The summed E-state index contributed by atoms with van der Waals surface area (Å²) in [4.78, 5) is 0. The summed E-state index contributed by atoms with van der Waals surface area (Å²) < 4.78 is 17.9. The maximum absolute atomic E-state index is 12.8. The second kappa shape index (κ2) is 6.90. The van der Waals surface area contributed by atoms with E-state index in [1.165, 1.54) is 17.7 Å². The average molecular weight is 259 g/mol. The van der Waals surface area contributed by atoms with Gasteiger partial charge in [0.1, 0.15) is 5.82 Å². The van der Waals surface area contributed by atoms with Crippen LogP contribution >= 0.6 is 0 Å². The van der Waals surface area contributed by atoms with Gasteiger partial charge in [-0.1, -0.05) is 30.3 Å². The summed E-state index contributed by atoms with van der Waals surface area (Å²) in [6.07, 6.45) is 0.878. The number of benzene rings is 2. The van der Waals surface area contributed by atoms with E-state index in [9.17, 15) is 4.39 Å². The largest absolute Gasteiger partial charge is 0.384 e. The normalized spacial score (nSPS) is 10.4. The van der Waals surface area contributed by atoms with Gasteiger partial charge in [-0.25, -0.2) is 4.39 Å². The molecule has 0 fully saturated rings. The molecule has 0 heterocycles. The predicted molar refractivity (Wildman–Crippen MR) is 75.7 cm³/mol. The van der Waals surface area contributed by atoms with Crippen molar-refractivity contribution in [1.29, 1.82) is 0 Å². The molecule has 0 atom stereocenters. The molecule has 0 saturated carbocycles. The third-order valence-electron chi connectivity index (χ3n) is 2.99. The topological polar surface area (TPSA) is 21.3 Å². The maximum Gasteiger partial charge on any atom is 0.123 e. The van der Waals surface area contributed by atoms with Crippen LogP contribution < -0.4 is 5.32 Å². The Morgan fingerprint density at radius 1 is 1.05 bits per heavy atom. The molecule has 2 rings (SSSR count). The van der Waals surface area contributed by atoms with Crippen molar-refractivity contribution in [3.05, 3.63) is 65.5 Å². The second-order valence-corrected chi connectivity index (χ2v) is 4.38. The lowest BCUT2D eigenvalue weighted by molar-refractivity contribution is 0.202. The molecule has 0 aliphatic heterocycles. The Labute approximate surface area is 113 Å². The number of hydrogen-bond donors (Lipinski definition) is 1. The number of para-hydroxylation sites is 1. The highest BCUT2D eigenvalue weighted by molar-refractivity contribution is 5.51. The SMILES string of the molecule is COCCc1ccccc1NCc1ccc(F)cc1. The molecule has 2 aromatic rings. The summed E-state index contributed by atoms with van der Waals surface area (Å²) in [6.45, 7) is 1.39. The van der Waals surface area contributed by atoms with Gasteiger partial charge in [-0.3, -0.25) is 0 Å². The van der Waals surface area contributed by atoms with Crippen LogP contribution in [-0.4, -0.2) is 13.7 Å². The van der Waals surface area contributed by atoms with E-state index in [4.69, 9.17) is 4.74 Å². The number of ether oxygens (including phenoxy) is 1. The van der Waals surface area contributed by atoms with Crippen LogP contribution in [0.4, 0.5) is 10.1 Å². The molecule has 0 unspecified atom stereocenters. The molecule has 1 N–H and O–H groups in total. The lowest BCUT2D eigenvalue weighted by atomic mass is 10.1. The summed E-state index contributed by atoms with van der Waals surface area (Å²) in [7, 11) is 1.70. The number of halogens is 1. The highest BCUT2D eigenvalue weighted by atomic mass is 19.1. The lowest BCUT2D eigenvalue weighted by Gasteiger charge is -2.12. The molecule has 0 bridgehead atoms. The first-order valence-electron chi connectivity index (χ1n) is 6.35. The maximum atomic E-state index is 12.8. The zero-order valence-corrected chi connectivity index (χ0v) is 11.0. The molecule has 0 saturated heterocycles. The van der Waals surface area contributed by atoms with Crippen molar-refractivity contribution in [2.24, 2.45) is 0 Å². The van der Waals surface area contributed by atoms with Crippen molar-refractivity contribution in [3.63, 3.8) is 0 Å². The Kier molecular flexibility index (Phi) is 4.93. The number of hydrogen-bond acceptors (Lipinski definition) is 2. The van der Waals surface area contributed by atoms with Gasteiger partial charge < -0.3 is 10.1 Å². The smallest absolute Gasteiger partial charge is 0.123 e. The minimum absolute atomic E-state index is 0.204. The van der Waals surface area contributed by atoms with Crippen molar-refractivity contribution >= 4 is 5.69 Å². The van der Waals surface area contributed by atoms with E-state index < -0.39 is 0 Å². The van der Waals surface area contributed by atoms with E-state index in [0.717, 1.165) is 17.7 Å². The Balaban J connectivity index is 2.00. The zero-order valence-electron chi connectivity index (χ0n) is 11.0. The molecule has 0 radical (unpaired) electrons. The molecule has 3 heteroatoms. The van der Waals surface area contributed by atoms with Crippen molar-refractivity contribution in [2.75, 3.05) is 19.0 Å². The average Bonchev–Trinajstić information content (AvgIpc) is 2.45. The minimum atomic E-state index is -0.204. The van der Waals surface area contributed by atoms with Crippen molar-refractivity contribution in [3.8, 4) is 0 Å². The van der Waals surface area contributed by atoms with Crippen LogP contribution in [0.3, 0.4) is 0 Å². The van der Waals surface area contributed by atoms with Crippen LogP contribution in [0.5, 0.6) is 0 Å². The predicted octanol–water partition coefficient (Wildman–Crippen LogP) is 3.63. The molecule has 19 heavy (non-hydrogen) atoms. The van der Waals surface area contributed by atoms with Crippen LogP contribution in [-0.2, 0) is 17.7 Å². The fraction of sp³-hybridized carbons (Fsp3) is 0.250. The third-order valence-corrected chi connectivity index (χ3v) is 2.99. The number of anilines is 1. The first kappa shape index (κ1) is 13.6. The van der Waals surface area contributed by atoms with Crippen molar-refractivity contribution < 1.29 is 9.13 Å². The van der Waals surface area contributed by atoms with Gasteiger partial charge in [0.05, 0.1) is 6.61 Å². The van der Waals surface area contributed by atoms with E-state index >= 15 is 0 Å². The molecule has 2 nitrogen and oxygen atoms in total. The zero-order chi connectivity index (χ0) is 13.5. The van der Waals surface area contributed by atoms with Crippen LogP contribution in [0.15, 0.2) is 48.5 Å². The van der Waals surface area contributed by atoms with Crippen molar-refractivity contribution in [1.82, 2.24) is 0 Å². The number of nitrogens with one attached hydrogen (secondary N) is 1. The molecule has 0 spiro atoms. The van der Waals surface area contributed by atoms with E-state index in [1.54, 1.807) is 19.2 Å². The van der Waals surface area contributed by atoms with Gasteiger partial charge in [0.25, 0.3) is 0 Å². The third kappa shape index (κ3) is 4.07. The summed E-state index contributed by atoms with van der Waals surface area (Å²) in [5.41, 5.74) is 3.39. The van der Waals surface area contributed by atoms with Gasteiger partial charge in [-0.05, 0) is 35.7 Å². The summed E-state index contributed by atoms with van der Waals surface area (Å²) in [5.74, 6) is -0.204. The van der Waals surface area contributed by atoms with Crippen LogP contribution in [0.25, 0.3) is 0 Å². The van der Waals surface area contributed by atoms with Crippen molar-refractivity contribution in [2.45, 2.75) is 13.0 Å². The Morgan fingerprint density at radius 3 is 2.53 bits per heavy atom. The van der Waals surface area contributed by atoms with Crippen LogP contribution in [0, 0.1) is 5.82 Å². The quantitative estimate of drug-likeness (QED) is 0.855. The van der Waals surface area contributed by atoms with E-state index in [1.807, 2.05) is 12.1 Å². The Bertz CT molecular complexity index is 510. The van der Waals surface area contributed by atoms with Gasteiger partial charge in [-0.2, -0.15) is 0 Å². The van der Waals surface area contributed by atoms with E-state index in [2.05, 4.69) is 17.4 Å². The molecule has 0 aromatic heterocycles. The highest BCUT2D eigenvalue weighted by Crippen LogP contribution is 2.17. The summed E-state index contributed by atoms with van der Waals surface area (Å²) in [6, 6.07) is 14.7. The van der Waals surface area contributed by atoms with Gasteiger partial charge in [0, 0.05) is 19.3 Å². The van der Waals surface area contributed by atoms with Crippen LogP contribution in [0.1, 0.15) is 11.1 Å². The molecular weight excluding hydrogens is 241 g/mol. The Morgan fingerprint density at radius 2 is 1.79 bits per heavy atom. The molecule has 100 valence electrons. The lowest BCUT2D eigenvalue weighted by Crippen LogP contribution is -2.04. The van der Waals surface area contributed by atoms with Gasteiger partial charge in [0.2, 0.25) is 0 Å². The fourth-order valence-electron chi connectivity index (χ4n) is 1.92. The highest BCUT2D eigenvalue weighted by Gasteiger charge is 2.01. The molecular formula is C16H18FNO. The summed E-state index contributed by atoms with van der Waals surface area (Å²) in [5, 5.41) is 3.38. The first-order valence-corrected chi connectivity index (χ1v) is 6.35. The minimum Gasteiger partial charge on any atom is -0.384 e. The molecule has 0 amide bonds. The van der Waals surface area contributed by atoms with Gasteiger partial charge in [0.15, 0.2) is 0 Å². The molecule has 2 aromatic carbocycles. The summed E-state index contributed by atoms with van der Waals surface area (Å²) >= 11 is 0. The van der Waals surface area contributed by atoms with Gasteiger partial charge in [-0.15, -0.1) is 0 Å². The molecule has 0 aliphatic carbocycles. The van der Waals surface area contributed by atoms with E-state index in [0.29, 0.717) is 13.2 Å². The van der Waals surface area contributed by atoms with E-state index in [-0.39, 0.29) is 5.82 Å². The second-order valence-electron chi connectivity index (χ2n) is 4.38. The molecule has 0 aliphatic rings. The van der Waals surface area contributed by atoms with Crippen LogP contribution in [0.2, 0.25) is 0 Å². The number of rotatable bonds is 6. The Hall–Kier alpha value is -1.87.